The Balaban J connectivity index is 1.47. The molecule has 4 atom stereocenters. The molecule has 3 aromatic rings. The lowest BCUT2D eigenvalue weighted by molar-refractivity contribution is -0.384. The van der Waals surface area contributed by atoms with Crippen LogP contribution in [-0.2, 0) is 9.59 Å². The van der Waals surface area contributed by atoms with Crippen LogP contribution in [0.4, 0.5) is 11.4 Å². The van der Waals surface area contributed by atoms with E-state index in [4.69, 9.17) is 4.74 Å². The zero-order valence-corrected chi connectivity index (χ0v) is 21.3. The highest BCUT2D eigenvalue weighted by Gasteiger charge is 2.63. The second-order valence-electron chi connectivity index (χ2n) is 10.2. The van der Waals surface area contributed by atoms with Gasteiger partial charge >= 0.3 is 0 Å². The molecule has 6 rings (SSSR count). The number of fused-ring (bicyclic) bond motifs is 5. The van der Waals surface area contributed by atoms with Crippen molar-refractivity contribution in [3.05, 3.63) is 117 Å². The van der Waals surface area contributed by atoms with Crippen LogP contribution in [0.5, 0.6) is 5.75 Å². The second kappa shape index (κ2) is 8.80. The standard InChI is InChI=1S/C31H26N2O5/c1-17-4-8-19(9-5-17)26(20-10-6-18(2)7-11-20)27-22-13-14-23(27)29-28(22)30(34)32(31(29)35)24-15-12-21(38-3)16-25(24)33(36)37/h4-16,22-23,28-29H,1-3H3/t22-,23-,28-,29+/m0/s1. The van der Waals surface area contributed by atoms with Crippen LogP contribution < -0.4 is 9.64 Å². The fraction of sp³-hybridized carbons (Fsp3) is 0.226. The molecule has 0 unspecified atom stereocenters. The number of hydrogen-bond acceptors (Lipinski definition) is 5. The summed E-state index contributed by atoms with van der Waals surface area (Å²) in [5.74, 6) is -2.22. The molecule has 1 heterocycles. The molecular weight excluding hydrogens is 480 g/mol. The molecule has 38 heavy (non-hydrogen) atoms. The van der Waals surface area contributed by atoms with E-state index in [0.717, 1.165) is 38.3 Å². The average molecular weight is 507 g/mol. The van der Waals surface area contributed by atoms with Gasteiger partial charge in [-0.2, -0.15) is 0 Å². The molecule has 7 nitrogen and oxygen atoms in total. The summed E-state index contributed by atoms with van der Waals surface area (Å²) >= 11 is 0. The predicted octanol–water partition coefficient (Wildman–Crippen LogP) is 5.64. The Bertz CT molecular complexity index is 1470. The van der Waals surface area contributed by atoms with Gasteiger partial charge in [-0.1, -0.05) is 71.8 Å². The number of anilines is 1. The molecule has 2 aliphatic carbocycles. The van der Waals surface area contributed by atoms with Gasteiger partial charge in [-0.25, -0.2) is 4.90 Å². The smallest absolute Gasteiger partial charge is 0.297 e. The van der Waals surface area contributed by atoms with E-state index in [1.807, 2.05) is 26.0 Å². The Morgan fingerprint density at radius 2 is 1.32 bits per heavy atom. The first-order valence-electron chi connectivity index (χ1n) is 12.6. The number of nitro benzene ring substituents is 1. The first-order chi connectivity index (χ1) is 18.3. The third-order valence-electron chi connectivity index (χ3n) is 8.01. The predicted molar refractivity (Wildman–Crippen MR) is 144 cm³/mol. The molecule has 0 aromatic heterocycles. The minimum Gasteiger partial charge on any atom is -0.496 e. The van der Waals surface area contributed by atoms with Crippen molar-refractivity contribution in [1.82, 2.24) is 0 Å². The lowest BCUT2D eigenvalue weighted by Crippen LogP contribution is -2.33. The number of benzene rings is 3. The van der Waals surface area contributed by atoms with Gasteiger partial charge in [0.1, 0.15) is 11.4 Å². The number of aryl methyl sites for hydroxylation is 2. The van der Waals surface area contributed by atoms with E-state index in [1.54, 1.807) is 0 Å². The number of nitrogens with zero attached hydrogens (tertiary/aromatic N) is 2. The van der Waals surface area contributed by atoms with Crippen LogP contribution in [0.15, 0.2) is 84.5 Å². The summed E-state index contributed by atoms with van der Waals surface area (Å²) in [4.78, 5) is 40.0. The molecule has 3 aromatic carbocycles. The molecule has 7 heteroatoms. The van der Waals surface area contributed by atoms with Crippen molar-refractivity contribution >= 4 is 28.8 Å². The first-order valence-corrected chi connectivity index (χ1v) is 12.6. The van der Waals surface area contributed by atoms with Crippen molar-refractivity contribution in [2.75, 3.05) is 12.0 Å². The fourth-order valence-electron chi connectivity index (χ4n) is 6.24. The van der Waals surface area contributed by atoms with Crippen LogP contribution in [0, 0.1) is 47.6 Å². The second-order valence-corrected chi connectivity index (χ2v) is 10.2. The molecule has 2 bridgehead atoms. The third-order valence-corrected chi connectivity index (χ3v) is 8.01. The summed E-state index contributed by atoms with van der Waals surface area (Å²) in [6, 6.07) is 20.8. The number of allylic oxidation sites excluding steroid dienone is 3. The molecule has 0 spiro atoms. The van der Waals surface area contributed by atoms with Crippen LogP contribution in [-0.4, -0.2) is 23.8 Å². The molecule has 0 N–H and O–H groups in total. The number of hydrogen-bond donors (Lipinski definition) is 0. The molecule has 2 fully saturated rings. The van der Waals surface area contributed by atoms with E-state index in [0.29, 0.717) is 0 Å². The van der Waals surface area contributed by atoms with Crippen LogP contribution in [0.3, 0.4) is 0 Å². The lowest BCUT2D eigenvalue weighted by atomic mass is 9.85. The van der Waals surface area contributed by atoms with Gasteiger partial charge in [-0.15, -0.1) is 0 Å². The zero-order chi connectivity index (χ0) is 26.7. The highest BCUT2D eigenvalue weighted by molar-refractivity contribution is 6.24. The van der Waals surface area contributed by atoms with Crippen molar-refractivity contribution in [2.45, 2.75) is 13.8 Å². The maximum atomic E-state index is 13.8. The number of carbonyl (C=O) groups excluding carboxylic acids is 2. The number of ether oxygens (including phenoxy) is 1. The Hall–Kier alpha value is -4.52. The van der Waals surface area contributed by atoms with E-state index in [-0.39, 0.29) is 29.0 Å². The minimum atomic E-state index is -0.597. The largest absolute Gasteiger partial charge is 0.496 e. The molecule has 190 valence electrons. The van der Waals surface area contributed by atoms with Gasteiger partial charge in [0.2, 0.25) is 11.8 Å². The average Bonchev–Trinajstić information content (AvgIpc) is 3.55. The lowest BCUT2D eigenvalue weighted by Gasteiger charge is -2.22. The van der Waals surface area contributed by atoms with Crippen molar-refractivity contribution in [2.24, 2.45) is 23.7 Å². The Labute approximate surface area is 220 Å². The van der Waals surface area contributed by atoms with Crippen molar-refractivity contribution < 1.29 is 19.2 Å². The van der Waals surface area contributed by atoms with Gasteiger partial charge in [0.15, 0.2) is 0 Å². The summed E-state index contributed by atoms with van der Waals surface area (Å²) in [6.07, 6.45) is 4.06. The number of imide groups is 1. The normalized spacial score (nSPS) is 23.2. The van der Waals surface area contributed by atoms with Crippen LogP contribution in [0.25, 0.3) is 5.57 Å². The molecule has 1 saturated carbocycles. The molecule has 0 radical (unpaired) electrons. The number of methoxy groups -OCH3 is 1. The van der Waals surface area contributed by atoms with E-state index >= 15 is 0 Å². The van der Waals surface area contributed by atoms with E-state index in [2.05, 4.69) is 48.5 Å². The highest BCUT2D eigenvalue weighted by Crippen LogP contribution is 2.59. The summed E-state index contributed by atoms with van der Waals surface area (Å²) in [7, 11) is 1.41. The van der Waals surface area contributed by atoms with Gasteiger partial charge in [0.25, 0.3) is 5.69 Å². The van der Waals surface area contributed by atoms with Gasteiger partial charge in [0, 0.05) is 11.8 Å². The summed E-state index contributed by atoms with van der Waals surface area (Å²) in [5, 5.41) is 11.8. The first kappa shape index (κ1) is 23.9. The number of amides is 2. The number of nitro groups is 1. The van der Waals surface area contributed by atoms with E-state index in [9.17, 15) is 19.7 Å². The van der Waals surface area contributed by atoms with Crippen LogP contribution in [0.2, 0.25) is 0 Å². The topological polar surface area (TPSA) is 89.8 Å². The van der Waals surface area contributed by atoms with E-state index in [1.165, 1.54) is 25.3 Å². The van der Waals surface area contributed by atoms with Crippen molar-refractivity contribution in [3.8, 4) is 5.75 Å². The molecular formula is C31H26N2O5. The molecule has 3 aliphatic rings. The van der Waals surface area contributed by atoms with Gasteiger partial charge in [-0.05, 0) is 48.3 Å². The Kier molecular flexibility index (Phi) is 5.52. The zero-order valence-electron chi connectivity index (χ0n) is 21.3. The molecule has 1 aliphatic heterocycles. The van der Waals surface area contributed by atoms with Crippen molar-refractivity contribution in [3.63, 3.8) is 0 Å². The maximum absolute atomic E-state index is 13.8. The summed E-state index contributed by atoms with van der Waals surface area (Å²) in [6.45, 7) is 4.08. The van der Waals surface area contributed by atoms with Crippen molar-refractivity contribution in [1.29, 1.82) is 0 Å². The van der Waals surface area contributed by atoms with Crippen LogP contribution >= 0.6 is 0 Å². The Morgan fingerprint density at radius 1 is 0.816 bits per heavy atom. The monoisotopic (exact) mass is 506 g/mol. The van der Waals surface area contributed by atoms with Gasteiger partial charge in [0.05, 0.1) is 29.9 Å². The van der Waals surface area contributed by atoms with Crippen LogP contribution in [0.1, 0.15) is 22.3 Å². The number of rotatable bonds is 5. The molecule has 2 amide bonds. The quantitative estimate of drug-likeness (QED) is 0.193. The van der Waals surface area contributed by atoms with E-state index < -0.39 is 28.6 Å². The Morgan fingerprint density at radius 3 is 1.76 bits per heavy atom. The van der Waals surface area contributed by atoms with Gasteiger partial charge in [-0.3, -0.25) is 19.7 Å². The summed E-state index contributed by atoms with van der Waals surface area (Å²) in [5.41, 5.74) is 6.14. The SMILES string of the molecule is COc1ccc(N2C(=O)[C@@H]3[C@H](C2=O)[C@H]2C=C[C@H]3C2=C(c2ccc(C)cc2)c2ccc(C)cc2)c([N+](=O)[O-])c1. The number of carbonyl (C=O) groups is 2. The van der Waals surface area contributed by atoms with Gasteiger partial charge < -0.3 is 4.74 Å². The third kappa shape index (κ3) is 3.49. The fourth-order valence-corrected chi connectivity index (χ4v) is 6.24. The highest BCUT2D eigenvalue weighted by atomic mass is 16.6. The minimum absolute atomic E-state index is 0.0116. The maximum Gasteiger partial charge on any atom is 0.297 e. The summed E-state index contributed by atoms with van der Waals surface area (Å²) < 4.78 is 5.13. The molecule has 1 saturated heterocycles.